The molecular weight excluding hydrogens is 364 g/mol. The Hall–Kier alpha value is -2.22. The van der Waals surface area contributed by atoms with E-state index in [1.807, 2.05) is 37.3 Å². The van der Waals surface area contributed by atoms with Crippen LogP contribution in [0.3, 0.4) is 0 Å². The van der Waals surface area contributed by atoms with Crippen molar-refractivity contribution in [3.05, 3.63) is 64.7 Å². The van der Waals surface area contributed by atoms with E-state index in [-0.39, 0.29) is 17.3 Å². The summed E-state index contributed by atoms with van der Waals surface area (Å²) in [6.45, 7) is 3.77. The fraction of sp³-hybridized carbons (Fsp3) is 0.350. The average Bonchev–Trinajstić information content (AvgIpc) is 2.67. The lowest BCUT2D eigenvalue weighted by Crippen LogP contribution is -2.52. The van der Waals surface area contributed by atoms with E-state index in [1.165, 1.54) is 18.5 Å². The van der Waals surface area contributed by atoms with E-state index >= 15 is 0 Å². The molecule has 1 amide bonds. The highest BCUT2D eigenvalue weighted by molar-refractivity contribution is 7.89. The first-order chi connectivity index (χ1) is 12.8. The van der Waals surface area contributed by atoms with E-state index in [0.717, 1.165) is 21.8 Å². The van der Waals surface area contributed by atoms with E-state index in [9.17, 15) is 13.2 Å². The molecule has 1 atom stereocenters. The van der Waals surface area contributed by atoms with Gasteiger partial charge in [-0.1, -0.05) is 36.4 Å². The Morgan fingerprint density at radius 1 is 1.15 bits per heavy atom. The summed E-state index contributed by atoms with van der Waals surface area (Å²) in [5.41, 5.74) is 3.41. The number of hydrogen-bond acceptors (Lipinski definition) is 4. The first-order valence-electron chi connectivity index (χ1n) is 8.73. The van der Waals surface area contributed by atoms with Crippen molar-refractivity contribution in [3.63, 3.8) is 0 Å². The number of hydrogen-bond donors (Lipinski definition) is 0. The molecule has 0 aliphatic carbocycles. The van der Waals surface area contributed by atoms with Crippen LogP contribution in [-0.2, 0) is 32.6 Å². The summed E-state index contributed by atoms with van der Waals surface area (Å²) in [4.78, 5) is 18.1. The monoisotopic (exact) mass is 388 g/mol. The van der Waals surface area contributed by atoms with Crippen LogP contribution in [0.5, 0.6) is 0 Å². The normalized spacial score (nSPS) is 17.4. The molecule has 0 fully saturated rings. The predicted molar refractivity (Wildman–Crippen MR) is 102 cm³/mol. The summed E-state index contributed by atoms with van der Waals surface area (Å²) >= 11 is 0. The number of fused-ring (bicyclic) bond motifs is 1. The fourth-order valence-corrected chi connectivity index (χ4v) is 5.24. The third kappa shape index (κ3) is 3.63. The molecule has 0 N–H and O–H groups in total. The van der Waals surface area contributed by atoms with Gasteiger partial charge < -0.3 is 0 Å². The molecule has 7 heteroatoms. The molecule has 1 aliphatic rings. The Balaban J connectivity index is 2.11. The summed E-state index contributed by atoms with van der Waals surface area (Å²) < 4.78 is 28.3. The van der Waals surface area contributed by atoms with Crippen LogP contribution < -0.4 is 0 Å². The molecular formula is C20H24N2O4S. The molecule has 0 radical (unpaired) electrons. The van der Waals surface area contributed by atoms with Gasteiger partial charge in [-0.3, -0.25) is 9.63 Å². The second-order valence-corrected chi connectivity index (χ2v) is 8.69. The van der Waals surface area contributed by atoms with E-state index in [1.54, 1.807) is 19.1 Å². The van der Waals surface area contributed by atoms with Crippen molar-refractivity contribution in [2.45, 2.75) is 37.8 Å². The third-order valence-electron chi connectivity index (χ3n) is 5.01. The molecule has 0 saturated heterocycles. The third-order valence-corrected chi connectivity index (χ3v) is 7.00. The van der Waals surface area contributed by atoms with Crippen molar-refractivity contribution >= 4 is 15.9 Å². The molecule has 6 nitrogen and oxygen atoms in total. The van der Waals surface area contributed by atoms with E-state index in [4.69, 9.17) is 4.84 Å². The largest absolute Gasteiger partial charge is 0.275 e. The van der Waals surface area contributed by atoms with Crippen molar-refractivity contribution < 1.29 is 18.0 Å². The number of benzene rings is 2. The Bertz CT molecular complexity index is 972. The summed E-state index contributed by atoms with van der Waals surface area (Å²) in [7, 11) is -0.985. The van der Waals surface area contributed by atoms with E-state index < -0.39 is 16.1 Å². The van der Waals surface area contributed by atoms with Gasteiger partial charge in [0.15, 0.2) is 0 Å². The van der Waals surface area contributed by atoms with Gasteiger partial charge in [-0.2, -0.15) is 4.31 Å². The summed E-state index contributed by atoms with van der Waals surface area (Å²) in [5, 5.41) is 1.09. The predicted octanol–water partition coefficient (Wildman–Crippen LogP) is 2.44. The molecule has 0 bridgehead atoms. The summed E-state index contributed by atoms with van der Waals surface area (Å²) in [5.74, 6) is -0.388. The lowest BCUT2D eigenvalue weighted by Gasteiger charge is -2.36. The van der Waals surface area contributed by atoms with Gasteiger partial charge in [-0.15, -0.1) is 0 Å². The highest BCUT2D eigenvalue weighted by Gasteiger charge is 2.41. The fourth-order valence-electron chi connectivity index (χ4n) is 3.37. The number of sulfonamides is 1. The van der Waals surface area contributed by atoms with Crippen LogP contribution >= 0.6 is 0 Å². The van der Waals surface area contributed by atoms with Crippen molar-refractivity contribution in [1.82, 2.24) is 9.37 Å². The molecule has 0 aromatic heterocycles. The maximum Gasteiger partial charge on any atom is 0.264 e. The minimum absolute atomic E-state index is 0.153. The van der Waals surface area contributed by atoms with Crippen LogP contribution in [0.2, 0.25) is 0 Å². The van der Waals surface area contributed by atoms with Crippen LogP contribution in [0.1, 0.15) is 22.3 Å². The first kappa shape index (κ1) is 19.5. The van der Waals surface area contributed by atoms with Gasteiger partial charge in [-0.05, 0) is 48.6 Å². The molecule has 0 saturated carbocycles. The molecule has 0 spiro atoms. The second-order valence-electron chi connectivity index (χ2n) is 6.83. The van der Waals surface area contributed by atoms with Crippen LogP contribution in [0.4, 0.5) is 0 Å². The Morgan fingerprint density at radius 2 is 1.81 bits per heavy atom. The van der Waals surface area contributed by atoms with Crippen molar-refractivity contribution in [2.24, 2.45) is 0 Å². The Labute approximate surface area is 160 Å². The van der Waals surface area contributed by atoms with Crippen LogP contribution in [0, 0.1) is 13.8 Å². The molecule has 2 aromatic rings. The molecule has 144 valence electrons. The number of rotatable bonds is 4. The topological polar surface area (TPSA) is 66.9 Å². The second kappa shape index (κ2) is 7.42. The number of amides is 1. The SMILES string of the molecule is CON(C)C(=O)[C@@H]1Cc2ccccc2CN1S(=O)(=O)c1cc(C)ccc1C. The molecule has 0 unspecified atom stereocenters. The van der Waals surface area contributed by atoms with Gasteiger partial charge in [-0.25, -0.2) is 13.5 Å². The lowest BCUT2D eigenvalue weighted by atomic mass is 9.95. The molecule has 3 rings (SSSR count). The zero-order chi connectivity index (χ0) is 19.8. The van der Waals surface area contributed by atoms with Crippen molar-refractivity contribution in [2.75, 3.05) is 14.2 Å². The molecule has 2 aromatic carbocycles. The van der Waals surface area contributed by atoms with Crippen LogP contribution in [-0.4, -0.2) is 43.9 Å². The van der Waals surface area contributed by atoms with Gasteiger partial charge in [0.25, 0.3) is 5.91 Å². The maximum absolute atomic E-state index is 13.5. The molecule has 1 heterocycles. The van der Waals surface area contributed by atoms with Crippen LogP contribution in [0.25, 0.3) is 0 Å². The maximum atomic E-state index is 13.5. The van der Waals surface area contributed by atoms with E-state index in [2.05, 4.69) is 0 Å². The zero-order valence-electron chi connectivity index (χ0n) is 16.0. The molecule has 27 heavy (non-hydrogen) atoms. The van der Waals surface area contributed by atoms with Gasteiger partial charge in [0.1, 0.15) is 6.04 Å². The first-order valence-corrected chi connectivity index (χ1v) is 10.2. The average molecular weight is 388 g/mol. The number of carbonyl (C=O) groups excluding carboxylic acids is 1. The highest BCUT2D eigenvalue weighted by atomic mass is 32.2. The van der Waals surface area contributed by atoms with E-state index in [0.29, 0.717) is 12.0 Å². The number of hydroxylamine groups is 2. The summed E-state index contributed by atoms with van der Waals surface area (Å²) in [6.07, 6.45) is 0.312. The van der Waals surface area contributed by atoms with Gasteiger partial charge in [0, 0.05) is 13.6 Å². The van der Waals surface area contributed by atoms with Gasteiger partial charge >= 0.3 is 0 Å². The molecule has 1 aliphatic heterocycles. The quantitative estimate of drug-likeness (QED) is 0.755. The lowest BCUT2D eigenvalue weighted by molar-refractivity contribution is -0.173. The standard InChI is InChI=1S/C20H24N2O4S/c1-14-9-10-15(2)19(11-14)27(24,25)22-13-17-8-6-5-7-16(17)12-18(22)20(23)21(3)26-4/h5-11,18H,12-13H2,1-4H3/t18-/m0/s1. The van der Waals surface area contributed by atoms with Crippen molar-refractivity contribution in [1.29, 1.82) is 0 Å². The van der Waals surface area contributed by atoms with Gasteiger partial charge in [0.2, 0.25) is 10.0 Å². The Kier molecular flexibility index (Phi) is 5.37. The number of nitrogens with zero attached hydrogens (tertiary/aromatic N) is 2. The highest BCUT2D eigenvalue weighted by Crippen LogP contribution is 2.31. The number of aryl methyl sites for hydroxylation is 2. The van der Waals surface area contributed by atoms with Crippen molar-refractivity contribution in [3.8, 4) is 0 Å². The smallest absolute Gasteiger partial charge is 0.264 e. The van der Waals surface area contributed by atoms with Gasteiger partial charge in [0.05, 0.1) is 12.0 Å². The Morgan fingerprint density at radius 3 is 2.48 bits per heavy atom. The van der Waals surface area contributed by atoms with Crippen LogP contribution in [0.15, 0.2) is 47.4 Å². The summed E-state index contributed by atoms with van der Waals surface area (Å²) in [6, 6.07) is 12.1. The number of likely N-dealkylation sites (N-methyl/N-ethyl adjacent to an activating group) is 1. The minimum Gasteiger partial charge on any atom is -0.275 e. The zero-order valence-corrected chi connectivity index (χ0v) is 16.8. The number of carbonyl (C=O) groups is 1. The minimum atomic E-state index is -3.86.